The Morgan fingerprint density at radius 1 is 1.38 bits per heavy atom. The summed E-state index contributed by atoms with van der Waals surface area (Å²) in [6.45, 7) is 5.30. The molecule has 1 aromatic heterocycles. The molecule has 84 valence electrons. The molecular formula is C12H13NO3. The van der Waals surface area contributed by atoms with Gasteiger partial charge in [-0.25, -0.2) is 4.79 Å². The van der Waals surface area contributed by atoms with Crippen LogP contribution in [0, 0.1) is 0 Å². The Hall–Kier alpha value is -1.84. The van der Waals surface area contributed by atoms with Crippen molar-refractivity contribution in [3.05, 3.63) is 34.3 Å². The number of hydrogen-bond donors (Lipinski definition) is 0. The minimum Gasteiger partial charge on any atom is -0.408 e. The fourth-order valence-corrected chi connectivity index (χ4v) is 1.74. The van der Waals surface area contributed by atoms with Crippen molar-refractivity contribution in [1.82, 2.24) is 4.57 Å². The smallest absolute Gasteiger partial charge is 0.408 e. The molecule has 0 bridgehead atoms. The van der Waals surface area contributed by atoms with Gasteiger partial charge in [0.25, 0.3) is 0 Å². The topological polar surface area (TPSA) is 52.2 Å². The van der Waals surface area contributed by atoms with Crippen LogP contribution in [-0.4, -0.2) is 10.4 Å². The van der Waals surface area contributed by atoms with Gasteiger partial charge in [0.2, 0.25) is 0 Å². The number of carbonyl (C=O) groups is 1. The van der Waals surface area contributed by atoms with Crippen molar-refractivity contribution in [3.8, 4) is 0 Å². The lowest BCUT2D eigenvalue weighted by Gasteiger charge is -2.05. The third kappa shape index (κ3) is 1.56. The summed E-state index contributed by atoms with van der Waals surface area (Å²) in [5.74, 6) is -0.406. The van der Waals surface area contributed by atoms with Crippen molar-refractivity contribution in [3.63, 3.8) is 0 Å². The van der Waals surface area contributed by atoms with Crippen LogP contribution in [0.3, 0.4) is 0 Å². The van der Waals surface area contributed by atoms with Crippen molar-refractivity contribution in [1.29, 1.82) is 0 Å². The van der Waals surface area contributed by atoms with E-state index >= 15 is 0 Å². The van der Waals surface area contributed by atoms with Gasteiger partial charge in [-0.05, 0) is 39.0 Å². The first-order valence-electron chi connectivity index (χ1n) is 5.16. The molecule has 0 amide bonds. The van der Waals surface area contributed by atoms with Crippen LogP contribution in [0.15, 0.2) is 27.4 Å². The summed E-state index contributed by atoms with van der Waals surface area (Å²) in [6, 6.07) is 5.03. The Labute approximate surface area is 92.5 Å². The Morgan fingerprint density at radius 2 is 2.06 bits per heavy atom. The molecule has 0 aliphatic rings. The molecule has 0 N–H and O–H groups in total. The van der Waals surface area contributed by atoms with Crippen molar-refractivity contribution in [2.75, 3.05) is 0 Å². The number of carbonyl (C=O) groups excluding carboxylic acids is 1. The first-order chi connectivity index (χ1) is 7.50. The van der Waals surface area contributed by atoms with Gasteiger partial charge in [-0.15, -0.1) is 0 Å². The second kappa shape index (κ2) is 3.63. The third-order valence-corrected chi connectivity index (χ3v) is 2.54. The van der Waals surface area contributed by atoms with E-state index in [0.717, 1.165) is 0 Å². The lowest BCUT2D eigenvalue weighted by atomic mass is 10.1. The van der Waals surface area contributed by atoms with E-state index in [-0.39, 0.29) is 17.6 Å². The maximum Gasteiger partial charge on any atom is 0.420 e. The Morgan fingerprint density at radius 3 is 2.62 bits per heavy atom. The first-order valence-corrected chi connectivity index (χ1v) is 5.16. The molecule has 4 nitrogen and oxygen atoms in total. The van der Waals surface area contributed by atoms with Crippen LogP contribution in [0.1, 0.15) is 37.2 Å². The number of hydrogen-bond acceptors (Lipinski definition) is 3. The van der Waals surface area contributed by atoms with Crippen molar-refractivity contribution < 1.29 is 9.21 Å². The highest BCUT2D eigenvalue weighted by Gasteiger charge is 2.13. The summed E-state index contributed by atoms with van der Waals surface area (Å²) in [7, 11) is 0. The average molecular weight is 219 g/mol. The molecule has 2 aromatic rings. The van der Waals surface area contributed by atoms with Crippen molar-refractivity contribution in [2.24, 2.45) is 0 Å². The predicted octanol–water partition coefficient (Wildman–Crippen LogP) is 2.38. The van der Waals surface area contributed by atoms with Gasteiger partial charge in [-0.1, -0.05) is 0 Å². The van der Waals surface area contributed by atoms with Gasteiger partial charge in [0.1, 0.15) is 0 Å². The minimum atomic E-state index is -0.384. The SMILES string of the molecule is CC(=O)c1ccc2oc(=O)n(C(C)C)c2c1. The summed E-state index contributed by atoms with van der Waals surface area (Å²) in [5.41, 5.74) is 1.78. The van der Waals surface area contributed by atoms with Crippen LogP contribution in [-0.2, 0) is 0 Å². The molecule has 0 saturated heterocycles. The molecule has 0 aliphatic carbocycles. The molecule has 1 heterocycles. The molecule has 0 spiro atoms. The van der Waals surface area contributed by atoms with Gasteiger partial charge >= 0.3 is 5.76 Å². The molecule has 1 aromatic carbocycles. The minimum absolute atomic E-state index is 0.0101. The van der Waals surface area contributed by atoms with Gasteiger partial charge in [0, 0.05) is 11.6 Å². The van der Waals surface area contributed by atoms with E-state index in [1.807, 2.05) is 13.8 Å². The highest BCUT2D eigenvalue weighted by atomic mass is 16.4. The van der Waals surface area contributed by atoms with E-state index in [1.165, 1.54) is 6.92 Å². The van der Waals surface area contributed by atoms with Crippen LogP contribution in [0.2, 0.25) is 0 Å². The number of benzene rings is 1. The van der Waals surface area contributed by atoms with E-state index < -0.39 is 0 Å². The van der Waals surface area contributed by atoms with Crippen LogP contribution in [0.5, 0.6) is 0 Å². The number of nitrogens with zero attached hydrogens (tertiary/aromatic N) is 1. The highest BCUT2D eigenvalue weighted by molar-refractivity contribution is 5.97. The first kappa shape index (κ1) is 10.7. The number of Topliss-reactive ketones (excluding diaryl/α,β-unsaturated/α-hetero) is 1. The standard InChI is InChI=1S/C12H13NO3/c1-7(2)13-10-6-9(8(3)14)4-5-11(10)16-12(13)15/h4-7H,1-3H3. The molecule has 0 atom stereocenters. The van der Waals surface area contributed by atoms with Gasteiger partial charge in [-0.2, -0.15) is 0 Å². The molecule has 0 unspecified atom stereocenters. The van der Waals surface area contributed by atoms with E-state index in [1.54, 1.807) is 22.8 Å². The Kier molecular flexibility index (Phi) is 2.42. The maximum absolute atomic E-state index is 11.6. The predicted molar refractivity (Wildman–Crippen MR) is 60.9 cm³/mol. The molecule has 16 heavy (non-hydrogen) atoms. The van der Waals surface area contributed by atoms with Crippen LogP contribution in [0.25, 0.3) is 11.1 Å². The fourth-order valence-electron chi connectivity index (χ4n) is 1.74. The summed E-state index contributed by atoms with van der Waals surface area (Å²) in [5, 5.41) is 0. The third-order valence-electron chi connectivity index (χ3n) is 2.54. The molecule has 4 heteroatoms. The molecule has 2 rings (SSSR count). The van der Waals surface area contributed by atoms with Gasteiger partial charge < -0.3 is 4.42 Å². The fraction of sp³-hybridized carbons (Fsp3) is 0.333. The summed E-state index contributed by atoms with van der Waals surface area (Å²) in [4.78, 5) is 22.8. The highest BCUT2D eigenvalue weighted by Crippen LogP contribution is 2.18. The van der Waals surface area contributed by atoms with Crippen molar-refractivity contribution in [2.45, 2.75) is 26.8 Å². The zero-order chi connectivity index (χ0) is 11.9. The largest absolute Gasteiger partial charge is 0.420 e. The van der Waals surface area contributed by atoms with Crippen LogP contribution >= 0.6 is 0 Å². The number of rotatable bonds is 2. The molecule has 0 radical (unpaired) electrons. The Bertz CT molecular complexity index is 604. The molecule has 0 aliphatic heterocycles. The van der Waals surface area contributed by atoms with E-state index in [0.29, 0.717) is 16.7 Å². The second-order valence-electron chi connectivity index (χ2n) is 4.07. The number of oxazole rings is 1. The number of ketones is 1. The number of fused-ring (bicyclic) bond motifs is 1. The van der Waals surface area contributed by atoms with Gasteiger partial charge in [-0.3, -0.25) is 9.36 Å². The van der Waals surface area contributed by atoms with E-state index in [4.69, 9.17) is 4.42 Å². The van der Waals surface area contributed by atoms with Crippen LogP contribution in [0.4, 0.5) is 0 Å². The number of aromatic nitrogens is 1. The molecular weight excluding hydrogens is 206 g/mol. The monoisotopic (exact) mass is 219 g/mol. The van der Waals surface area contributed by atoms with Gasteiger partial charge in [0.15, 0.2) is 11.4 Å². The zero-order valence-corrected chi connectivity index (χ0v) is 9.48. The zero-order valence-electron chi connectivity index (χ0n) is 9.48. The second-order valence-corrected chi connectivity index (χ2v) is 4.07. The lowest BCUT2D eigenvalue weighted by Crippen LogP contribution is -2.16. The summed E-state index contributed by atoms with van der Waals surface area (Å²) < 4.78 is 6.63. The molecule has 0 fully saturated rings. The van der Waals surface area contributed by atoms with Crippen LogP contribution < -0.4 is 5.76 Å². The maximum atomic E-state index is 11.6. The summed E-state index contributed by atoms with van der Waals surface area (Å²) in [6.07, 6.45) is 0. The Balaban J connectivity index is 2.79. The summed E-state index contributed by atoms with van der Waals surface area (Å²) >= 11 is 0. The van der Waals surface area contributed by atoms with E-state index in [2.05, 4.69) is 0 Å². The normalized spacial score (nSPS) is 11.2. The lowest BCUT2D eigenvalue weighted by molar-refractivity contribution is 0.101. The van der Waals surface area contributed by atoms with E-state index in [9.17, 15) is 9.59 Å². The average Bonchev–Trinajstić information content (AvgIpc) is 2.51. The molecule has 0 saturated carbocycles. The van der Waals surface area contributed by atoms with Gasteiger partial charge in [0.05, 0.1) is 5.52 Å². The quantitative estimate of drug-likeness (QED) is 0.728. The van der Waals surface area contributed by atoms with Crippen molar-refractivity contribution >= 4 is 16.9 Å².